The van der Waals surface area contributed by atoms with Crippen LogP contribution in [-0.2, 0) is 0 Å². The molecule has 0 saturated heterocycles. The number of nitrogens with zero attached hydrogens (tertiary/aromatic N) is 2. The molecule has 3 heteroatoms. The van der Waals surface area contributed by atoms with Crippen molar-refractivity contribution in [1.82, 2.24) is 9.55 Å². The Morgan fingerprint density at radius 3 is 2.76 bits per heavy atom. The van der Waals surface area contributed by atoms with Crippen molar-refractivity contribution in [3.05, 3.63) is 30.6 Å². The summed E-state index contributed by atoms with van der Waals surface area (Å²) in [5.74, 6) is 0.416. The highest BCUT2D eigenvalue weighted by atomic mass is 16.2. The molecule has 3 rings (SSSR count). The van der Waals surface area contributed by atoms with E-state index in [0.717, 1.165) is 23.9 Å². The topological polar surface area (TPSA) is 34.9 Å². The molecular formula is C14H16N2O. The first-order valence-corrected chi connectivity index (χ1v) is 6.32. The third-order valence-corrected chi connectivity index (χ3v) is 3.65. The van der Waals surface area contributed by atoms with Crippen LogP contribution in [-0.4, -0.2) is 15.5 Å². The van der Waals surface area contributed by atoms with Gasteiger partial charge in [0.15, 0.2) is 0 Å². The number of fused-ring (bicyclic) bond motifs is 1. The molecule has 1 aromatic carbocycles. The lowest BCUT2D eigenvalue weighted by atomic mass is 9.88. The first-order chi connectivity index (χ1) is 8.36. The van der Waals surface area contributed by atoms with Crippen molar-refractivity contribution >= 4 is 16.9 Å². The normalized spacial score (nSPS) is 17.4. The van der Waals surface area contributed by atoms with Crippen LogP contribution < -0.4 is 0 Å². The zero-order valence-electron chi connectivity index (χ0n) is 9.80. The predicted octanol–water partition coefficient (Wildman–Crippen LogP) is 3.26. The third-order valence-electron chi connectivity index (χ3n) is 3.65. The van der Waals surface area contributed by atoms with E-state index in [1.165, 1.54) is 19.3 Å². The summed E-state index contributed by atoms with van der Waals surface area (Å²) in [5.41, 5.74) is 1.83. The summed E-state index contributed by atoms with van der Waals surface area (Å²) in [5, 5.41) is 0. The second-order valence-electron chi connectivity index (χ2n) is 4.78. The second kappa shape index (κ2) is 4.32. The van der Waals surface area contributed by atoms with Crippen LogP contribution in [0.2, 0.25) is 0 Å². The van der Waals surface area contributed by atoms with Gasteiger partial charge in [0.25, 0.3) is 0 Å². The molecule has 88 valence electrons. The summed E-state index contributed by atoms with van der Waals surface area (Å²) in [6.07, 6.45) is 7.37. The van der Waals surface area contributed by atoms with Crippen LogP contribution in [0.3, 0.4) is 0 Å². The van der Waals surface area contributed by atoms with Crippen LogP contribution in [0.5, 0.6) is 0 Å². The van der Waals surface area contributed by atoms with Crippen molar-refractivity contribution in [2.75, 3.05) is 0 Å². The minimum Gasteiger partial charge on any atom is -0.274 e. The molecule has 0 atom stereocenters. The van der Waals surface area contributed by atoms with Gasteiger partial charge in [-0.05, 0) is 25.0 Å². The maximum absolute atomic E-state index is 12.4. The van der Waals surface area contributed by atoms with E-state index in [0.29, 0.717) is 0 Å². The van der Waals surface area contributed by atoms with E-state index in [2.05, 4.69) is 4.98 Å². The molecule has 17 heavy (non-hydrogen) atoms. The molecule has 1 aliphatic carbocycles. The van der Waals surface area contributed by atoms with Crippen molar-refractivity contribution in [1.29, 1.82) is 0 Å². The molecule has 2 aromatic rings. The molecule has 1 fully saturated rings. The zero-order valence-corrected chi connectivity index (χ0v) is 9.80. The second-order valence-corrected chi connectivity index (χ2v) is 4.78. The van der Waals surface area contributed by atoms with Crippen LogP contribution >= 0.6 is 0 Å². The molecule has 0 bridgehead atoms. The average Bonchev–Trinajstić information content (AvgIpc) is 2.83. The largest absolute Gasteiger partial charge is 0.274 e. The van der Waals surface area contributed by atoms with Gasteiger partial charge in [0.05, 0.1) is 11.0 Å². The number of carbonyl (C=O) groups excluding carboxylic acids is 1. The monoisotopic (exact) mass is 228 g/mol. The van der Waals surface area contributed by atoms with E-state index in [9.17, 15) is 4.79 Å². The van der Waals surface area contributed by atoms with Gasteiger partial charge in [-0.2, -0.15) is 0 Å². The Hall–Kier alpha value is -1.64. The van der Waals surface area contributed by atoms with E-state index >= 15 is 0 Å². The third kappa shape index (κ3) is 1.86. The minimum absolute atomic E-state index is 0.196. The molecule has 1 saturated carbocycles. The van der Waals surface area contributed by atoms with Crippen LogP contribution in [0, 0.1) is 5.92 Å². The van der Waals surface area contributed by atoms with Crippen LogP contribution in [0.4, 0.5) is 0 Å². The Bertz CT molecular complexity index is 538. The van der Waals surface area contributed by atoms with Crippen molar-refractivity contribution in [2.45, 2.75) is 32.1 Å². The van der Waals surface area contributed by atoms with E-state index in [1.54, 1.807) is 10.9 Å². The molecule has 1 aromatic heterocycles. The van der Waals surface area contributed by atoms with Gasteiger partial charge in [-0.15, -0.1) is 0 Å². The summed E-state index contributed by atoms with van der Waals surface area (Å²) in [7, 11) is 0. The lowest BCUT2D eigenvalue weighted by Gasteiger charge is -2.20. The lowest BCUT2D eigenvalue weighted by Crippen LogP contribution is -2.23. The Balaban J connectivity index is 1.95. The standard InChI is InChI=1S/C14H16N2O/c17-14(11-6-2-1-3-7-11)16-10-15-12-8-4-5-9-13(12)16/h4-5,8-11H,1-3,6-7H2. The quantitative estimate of drug-likeness (QED) is 0.751. The SMILES string of the molecule is O=C(C1CCCCC1)n1cnc2ccccc21. The lowest BCUT2D eigenvalue weighted by molar-refractivity contribution is 0.0807. The maximum Gasteiger partial charge on any atom is 0.235 e. The number of hydrogen-bond acceptors (Lipinski definition) is 2. The first-order valence-electron chi connectivity index (χ1n) is 6.32. The Morgan fingerprint density at radius 2 is 1.94 bits per heavy atom. The van der Waals surface area contributed by atoms with Gasteiger partial charge in [0.1, 0.15) is 6.33 Å². The smallest absolute Gasteiger partial charge is 0.235 e. The number of aromatic nitrogens is 2. The molecule has 1 aliphatic rings. The summed E-state index contributed by atoms with van der Waals surface area (Å²) in [6, 6.07) is 7.81. The highest BCUT2D eigenvalue weighted by Gasteiger charge is 2.23. The predicted molar refractivity (Wildman–Crippen MR) is 66.9 cm³/mol. The molecule has 0 radical (unpaired) electrons. The molecule has 0 aliphatic heterocycles. The fourth-order valence-electron chi connectivity index (χ4n) is 2.68. The van der Waals surface area contributed by atoms with Crippen molar-refractivity contribution in [3.8, 4) is 0 Å². The Morgan fingerprint density at radius 1 is 1.18 bits per heavy atom. The number of rotatable bonds is 1. The maximum atomic E-state index is 12.4. The Labute approximate surface area is 100 Å². The van der Waals surface area contributed by atoms with E-state index in [4.69, 9.17) is 0 Å². The van der Waals surface area contributed by atoms with Gasteiger partial charge in [-0.1, -0.05) is 31.4 Å². The first kappa shape index (κ1) is 10.5. The van der Waals surface area contributed by atoms with Gasteiger partial charge in [-0.3, -0.25) is 9.36 Å². The van der Waals surface area contributed by atoms with Crippen molar-refractivity contribution in [2.24, 2.45) is 5.92 Å². The minimum atomic E-state index is 0.196. The fraction of sp³-hybridized carbons (Fsp3) is 0.429. The molecule has 0 spiro atoms. The molecule has 0 N–H and O–H groups in total. The van der Waals surface area contributed by atoms with Crippen molar-refractivity contribution in [3.63, 3.8) is 0 Å². The van der Waals surface area contributed by atoms with Gasteiger partial charge in [0.2, 0.25) is 5.91 Å². The number of para-hydroxylation sites is 2. The summed E-state index contributed by atoms with van der Waals surface area (Å²) >= 11 is 0. The van der Waals surface area contributed by atoms with Crippen molar-refractivity contribution < 1.29 is 4.79 Å². The van der Waals surface area contributed by atoms with Crippen LogP contribution in [0.1, 0.15) is 36.9 Å². The number of carbonyl (C=O) groups is 1. The molecule has 1 heterocycles. The van der Waals surface area contributed by atoms with Crippen LogP contribution in [0.25, 0.3) is 11.0 Å². The number of hydrogen-bond donors (Lipinski definition) is 0. The average molecular weight is 228 g/mol. The number of imidazole rings is 1. The zero-order chi connectivity index (χ0) is 11.7. The van der Waals surface area contributed by atoms with Gasteiger partial charge in [-0.25, -0.2) is 4.98 Å². The highest BCUT2D eigenvalue weighted by molar-refractivity contribution is 5.91. The Kier molecular flexibility index (Phi) is 2.67. The molecule has 0 amide bonds. The fourth-order valence-corrected chi connectivity index (χ4v) is 2.68. The summed E-state index contributed by atoms with van der Waals surface area (Å²) in [4.78, 5) is 16.7. The van der Waals surface area contributed by atoms with Gasteiger partial charge in [0, 0.05) is 5.92 Å². The van der Waals surface area contributed by atoms with E-state index < -0.39 is 0 Å². The summed E-state index contributed by atoms with van der Waals surface area (Å²) < 4.78 is 1.73. The molecule has 0 unspecified atom stereocenters. The molecule has 3 nitrogen and oxygen atoms in total. The van der Waals surface area contributed by atoms with Crippen LogP contribution in [0.15, 0.2) is 30.6 Å². The van der Waals surface area contributed by atoms with E-state index in [-0.39, 0.29) is 11.8 Å². The van der Waals surface area contributed by atoms with Gasteiger partial charge < -0.3 is 0 Å². The molecular weight excluding hydrogens is 212 g/mol. The number of benzene rings is 1. The summed E-state index contributed by atoms with van der Waals surface area (Å²) in [6.45, 7) is 0. The van der Waals surface area contributed by atoms with Gasteiger partial charge >= 0.3 is 0 Å². The highest BCUT2D eigenvalue weighted by Crippen LogP contribution is 2.26. The van der Waals surface area contributed by atoms with E-state index in [1.807, 2.05) is 24.3 Å².